The van der Waals surface area contributed by atoms with Crippen molar-refractivity contribution in [3.05, 3.63) is 131 Å². The maximum atomic E-state index is 14.0. The van der Waals surface area contributed by atoms with Gasteiger partial charge in [0.2, 0.25) is 0 Å². The number of fused-ring (bicyclic) bond motifs is 6. The highest BCUT2D eigenvalue weighted by atomic mass is 16.1. The van der Waals surface area contributed by atoms with E-state index in [0.717, 1.165) is 21.9 Å². The lowest BCUT2D eigenvalue weighted by Crippen LogP contribution is -2.13. The largest absolute Gasteiger partial charge is 0.293 e. The van der Waals surface area contributed by atoms with Crippen molar-refractivity contribution in [2.75, 3.05) is 0 Å². The molecule has 0 saturated heterocycles. The van der Waals surface area contributed by atoms with Gasteiger partial charge in [-0.1, -0.05) is 109 Å². The van der Waals surface area contributed by atoms with E-state index >= 15 is 0 Å². The minimum Gasteiger partial charge on any atom is -0.293 e. The van der Waals surface area contributed by atoms with Crippen LogP contribution in [0.25, 0.3) is 21.5 Å². The van der Waals surface area contributed by atoms with Gasteiger partial charge in [-0.05, 0) is 38.2 Å². The van der Waals surface area contributed by atoms with E-state index in [0.29, 0.717) is 0 Å². The molecule has 1 aliphatic carbocycles. The van der Waals surface area contributed by atoms with Gasteiger partial charge in [-0.15, -0.1) is 0 Å². The number of ketones is 1. The van der Waals surface area contributed by atoms with Crippen LogP contribution in [0.1, 0.15) is 38.9 Å². The van der Waals surface area contributed by atoms with Gasteiger partial charge < -0.3 is 0 Å². The zero-order valence-corrected chi connectivity index (χ0v) is 16.5. The summed E-state index contributed by atoms with van der Waals surface area (Å²) in [6.07, 6.45) is 0. The van der Waals surface area contributed by atoms with Gasteiger partial charge in [0.1, 0.15) is 0 Å². The summed E-state index contributed by atoms with van der Waals surface area (Å²) in [7, 11) is 0. The van der Waals surface area contributed by atoms with Gasteiger partial charge in [0.25, 0.3) is 0 Å². The number of hydrogen-bond acceptors (Lipinski definition) is 1. The van der Waals surface area contributed by atoms with E-state index in [2.05, 4.69) is 78.9 Å². The van der Waals surface area contributed by atoms with Crippen molar-refractivity contribution in [2.24, 2.45) is 0 Å². The first-order chi connectivity index (χ1) is 14.8. The molecule has 142 valence electrons. The Bertz CT molecular complexity index is 1400. The third kappa shape index (κ3) is 2.39. The number of Topliss-reactive ketones (excluding diaryl/α,β-unsaturated/α-hetero) is 1. The van der Waals surface area contributed by atoms with Gasteiger partial charge in [-0.3, -0.25) is 4.79 Å². The van der Waals surface area contributed by atoms with Crippen LogP contribution >= 0.6 is 0 Å². The first kappa shape index (κ1) is 17.2. The predicted octanol–water partition coefficient (Wildman–Crippen LogP) is 7.11. The Kier molecular flexibility index (Phi) is 3.82. The van der Waals surface area contributed by atoms with E-state index in [1.165, 1.54) is 21.9 Å². The summed E-state index contributed by atoms with van der Waals surface area (Å²) in [5.74, 6) is 0.0235. The highest BCUT2D eigenvalue weighted by Crippen LogP contribution is 2.52. The van der Waals surface area contributed by atoms with Crippen molar-refractivity contribution < 1.29 is 4.79 Å². The molecule has 2 unspecified atom stereocenters. The summed E-state index contributed by atoms with van der Waals surface area (Å²) in [6, 6.07) is 37.6. The van der Waals surface area contributed by atoms with Gasteiger partial charge >= 0.3 is 0 Å². The van der Waals surface area contributed by atoms with Gasteiger partial charge in [0.15, 0.2) is 5.78 Å². The van der Waals surface area contributed by atoms with Crippen LogP contribution in [0.3, 0.4) is 0 Å². The van der Waals surface area contributed by atoms with E-state index < -0.39 is 0 Å². The standard InChI is InChI=1S/C29H20O/c30-29-26(20-13-5-2-6-14-20)25(19-11-3-1-4-12-19)27-23-17-9-7-15-21(23)22-16-8-10-18-24(22)28(27)29/h1-18,25-26H. The molecule has 0 aliphatic heterocycles. The second-order valence-electron chi connectivity index (χ2n) is 8.02. The van der Waals surface area contributed by atoms with Gasteiger partial charge in [0.05, 0.1) is 5.92 Å². The molecular weight excluding hydrogens is 364 g/mol. The third-order valence-corrected chi connectivity index (χ3v) is 6.46. The number of carbonyl (C=O) groups excluding carboxylic acids is 1. The molecular formula is C29H20O. The quantitative estimate of drug-likeness (QED) is 0.297. The van der Waals surface area contributed by atoms with Crippen LogP contribution < -0.4 is 0 Å². The normalized spacial score (nSPS) is 18.1. The van der Waals surface area contributed by atoms with Crippen LogP contribution in [-0.4, -0.2) is 5.78 Å². The van der Waals surface area contributed by atoms with Crippen molar-refractivity contribution >= 4 is 27.3 Å². The number of carbonyl (C=O) groups is 1. The van der Waals surface area contributed by atoms with Crippen LogP contribution in [0.2, 0.25) is 0 Å². The van der Waals surface area contributed by atoms with Crippen molar-refractivity contribution in [3.8, 4) is 0 Å². The zero-order chi connectivity index (χ0) is 20.1. The second kappa shape index (κ2) is 6.67. The third-order valence-electron chi connectivity index (χ3n) is 6.46. The molecule has 5 aromatic carbocycles. The Morgan fingerprint density at radius 1 is 0.433 bits per heavy atom. The fourth-order valence-corrected chi connectivity index (χ4v) is 5.25. The summed E-state index contributed by atoms with van der Waals surface area (Å²) in [6.45, 7) is 0. The topological polar surface area (TPSA) is 17.1 Å². The molecule has 2 atom stereocenters. The van der Waals surface area contributed by atoms with Crippen LogP contribution in [0.15, 0.2) is 109 Å². The fourth-order valence-electron chi connectivity index (χ4n) is 5.25. The summed E-state index contributed by atoms with van der Waals surface area (Å²) < 4.78 is 0. The Morgan fingerprint density at radius 2 is 0.867 bits per heavy atom. The first-order valence-electron chi connectivity index (χ1n) is 10.4. The molecule has 0 amide bonds. The molecule has 0 spiro atoms. The number of hydrogen-bond donors (Lipinski definition) is 0. The molecule has 0 heterocycles. The SMILES string of the molecule is O=C1c2c(c3ccccc3c3ccccc23)C(c2ccccc2)C1c1ccccc1. The van der Waals surface area contributed by atoms with Gasteiger partial charge in [0, 0.05) is 11.5 Å². The Hall–Kier alpha value is -3.71. The predicted molar refractivity (Wildman–Crippen MR) is 123 cm³/mol. The average molecular weight is 384 g/mol. The van der Waals surface area contributed by atoms with Crippen molar-refractivity contribution in [1.82, 2.24) is 0 Å². The first-order valence-corrected chi connectivity index (χ1v) is 10.4. The molecule has 0 bridgehead atoms. The molecule has 0 radical (unpaired) electrons. The van der Waals surface area contributed by atoms with Crippen LogP contribution in [0.5, 0.6) is 0 Å². The highest BCUT2D eigenvalue weighted by molar-refractivity contribution is 6.23. The minimum absolute atomic E-state index is 0.00519. The molecule has 0 saturated carbocycles. The van der Waals surface area contributed by atoms with Crippen LogP contribution in [0, 0.1) is 0 Å². The summed E-state index contributed by atoms with van der Waals surface area (Å²) in [4.78, 5) is 14.0. The molecule has 0 aromatic heterocycles. The number of rotatable bonds is 2. The van der Waals surface area contributed by atoms with Crippen molar-refractivity contribution in [2.45, 2.75) is 11.8 Å². The smallest absolute Gasteiger partial charge is 0.172 e. The van der Waals surface area contributed by atoms with E-state index in [4.69, 9.17) is 0 Å². The maximum Gasteiger partial charge on any atom is 0.172 e. The molecule has 1 nitrogen and oxygen atoms in total. The van der Waals surface area contributed by atoms with Crippen LogP contribution in [0.4, 0.5) is 0 Å². The molecule has 30 heavy (non-hydrogen) atoms. The highest BCUT2D eigenvalue weighted by Gasteiger charge is 2.43. The van der Waals surface area contributed by atoms with Crippen LogP contribution in [-0.2, 0) is 0 Å². The number of benzene rings is 5. The Labute approximate surface area is 175 Å². The zero-order valence-electron chi connectivity index (χ0n) is 16.5. The van der Waals surface area contributed by atoms with E-state index in [-0.39, 0.29) is 17.6 Å². The van der Waals surface area contributed by atoms with Crippen molar-refractivity contribution in [1.29, 1.82) is 0 Å². The van der Waals surface area contributed by atoms with E-state index in [1.807, 2.05) is 30.3 Å². The minimum atomic E-state index is -0.210. The fraction of sp³-hybridized carbons (Fsp3) is 0.0690. The Morgan fingerprint density at radius 3 is 1.47 bits per heavy atom. The summed E-state index contributed by atoms with van der Waals surface area (Å²) in [5, 5.41) is 4.62. The molecule has 1 heteroatoms. The summed E-state index contributed by atoms with van der Waals surface area (Å²) in [5.41, 5.74) is 4.35. The van der Waals surface area contributed by atoms with Gasteiger partial charge in [-0.25, -0.2) is 0 Å². The second-order valence-corrected chi connectivity index (χ2v) is 8.02. The molecule has 0 N–H and O–H groups in total. The van der Waals surface area contributed by atoms with Gasteiger partial charge in [-0.2, -0.15) is 0 Å². The van der Waals surface area contributed by atoms with E-state index in [1.54, 1.807) is 0 Å². The monoisotopic (exact) mass is 384 g/mol. The summed E-state index contributed by atoms with van der Waals surface area (Å²) >= 11 is 0. The van der Waals surface area contributed by atoms with Crippen molar-refractivity contribution in [3.63, 3.8) is 0 Å². The molecule has 5 aromatic rings. The lowest BCUT2D eigenvalue weighted by molar-refractivity contribution is 0.0969. The Balaban J connectivity index is 1.77. The lowest BCUT2D eigenvalue weighted by Gasteiger charge is -2.21. The lowest BCUT2D eigenvalue weighted by atomic mass is 9.80. The maximum absolute atomic E-state index is 14.0. The average Bonchev–Trinajstić information content (AvgIpc) is 3.14. The van der Waals surface area contributed by atoms with E-state index in [9.17, 15) is 4.79 Å². The molecule has 6 rings (SSSR count). The molecule has 1 aliphatic rings. The molecule has 0 fully saturated rings.